The van der Waals surface area contributed by atoms with Gasteiger partial charge in [-0.05, 0) is 44.0 Å². The second kappa shape index (κ2) is 9.41. The Kier molecular flexibility index (Phi) is 6.20. The number of nitrogens with zero attached hydrogens (tertiary/aromatic N) is 5. The molecule has 1 unspecified atom stereocenters. The fraction of sp³-hybridized carbons (Fsp3) is 0.333. The maximum absolute atomic E-state index is 11.0. The SMILES string of the molecule is CC(Sc1nnc(-c2ccco2)n1C1CCCCC1)/C(O)=C(\C#N)c1nc2ccccc2s1. The average Bonchev–Trinajstić information content (AvgIpc) is 3.59. The molecule has 1 aliphatic carbocycles. The van der Waals surface area contributed by atoms with Gasteiger partial charge in [0.1, 0.15) is 22.4 Å². The van der Waals surface area contributed by atoms with Gasteiger partial charge < -0.3 is 9.52 Å². The summed E-state index contributed by atoms with van der Waals surface area (Å²) >= 11 is 2.80. The summed E-state index contributed by atoms with van der Waals surface area (Å²) in [5.41, 5.74) is 1.02. The fourth-order valence-corrected chi connectivity index (χ4v) is 6.16. The summed E-state index contributed by atoms with van der Waals surface area (Å²) in [7, 11) is 0. The van der Waals surface area contributed by atoms with Crippen LogP contribution in [0.4, 0.5) is 0 Å². The van der Waals surface area contributed by atoms with Crippen LogP contribution in [-0.4, -0.2) is 30.1 Å². The molecule has 5 rings (SSSR count). The number of rotatable bonds is 6. The predicted molar refractivity (Wildman–Crippen MR) is 130 cm³/mol. The number of aromatic nitrogens is 4. The highest BCUT2D eigenvalue weighted by atomic mass is 32.2. The summed E-state index contributed by atoms with van der Waals surface area (Å²) < 4.78 is 8.75. The number of allylic oxidation sites excluding steroid dienone is 1. The molecular weight excluding hydrogens is 454 g/mol. The van der Waals surface area contributed by atoms with Crippen molar-refractivity contribution in [3.63, 3.8) is 0 Å². The smallest absolute Gasteiger partial charge is 0.200 e. The van der Waals surface area contributed by atoms with E-state index in [2.05, 4.69) is 25.8 Å². The van der Waals surface area contributed by atoms with Crippen molar-refractivity contribution in [2.75, 3.05) is 0 Å². The number of nitriles is 1. The number of fused-ring (bicyclic) bond motifs is 1. The van der Waals surface area contributed by atoms with Gasteiger partial charge in [-0.2, -0.15) is 5.26 Å². The van der Waals surface area contributed by atoms with Crippen molar-refractivity contribution >= 4 is 38.9 Å². The molecular formula is C24H23N5O2S2. The highest BCUT2D eigenvalue weighted by Crippen LogP contribution is 2.38. The number of thiazole rings is 1. The van der Waals surface area contributed by atoms with Gasteiger partial charge in [-0.3, -0.25) is 4.57 Å². The van der Waals surface area contributed by atoms with E-state index in [4.69, 9.17) is 4.42 Å². The van der Waals surface area contributed by atoms with E-state index in [9.17, 15) is 10.4 Å². The van der Waals surface area contributed by atoms with Crippen molar-refractivity contribution in [3.05, 3.63) is 53.4 Å². The zero-order valence-corrected chi connectivity index (χ0v) is 19.8. The highest BCUT2D eigenvalue weighted by molar-refractivity contribution is 7.99. The molecule has 4 aromatic rings. The van der Waals surface area contributed by atoms with E-state index in [1.54, 1.807) is 6.26 Å². The molecule has 0 radical (unpaired) electrons. The van der Waals surface area contributed by atoms with Crippen molar-refractivity contribution in [3.8, 4) is 17.7 Å². The van der Waals surface area contributed by atoms with Gasteiger partial charge in [0.15, 0.2) is 10.9 Å². The van der Waals surface area contributed by atoms with Gasteiger partial charge in [-0.25, -0.2) is 4.98 Å². The average molecular weight is 478 g/mol. The van der Waals surface area contributed by atoms with Crippen LogP contribution < -0.4 is 0 Å². The summed E-state index contributed by atoms with van der Waals surface area (Å²) in [5, 5.41) is 30.6. The topological polar surface area (TPSA) is 101 Å². The second-order valence-corrected chi connectivity index (χ2v) is 10.4. The number of thioether (sulfide) groups is 1. The third kappa shape index (κ3) is 4.28. The Morgan fingerprint density at radius 1 is 1.21 bits per heavy atom. The van der Waals surface area contributed by atoms with Crippen molar-refractivity contribution in [2.45, 2.75) is 55.5 Å². The van der Waals surface area contributed by atoms with Gasteiger partial charge >= 0.3 is 0 Å². The Morgan fingerprint density at radius 2 is 2.03 bits per heavy atom. The van der Waals surface area contributed by atoms with Crippen molar-refractivity contribution in [1.82, 2.24) is 19.7 Å². The maximum atomic E-state index is 11.0. The predicted octanol–water partition coefficient (Wildman–Crippen LogP) is 6.63. The summed E-state index contributed by atoms with van der Waals surface area (Å²) in [5.74, 6) is 1.38. The van der Waals surface area contributed by atoms with Gasteiger partial charge in [0.2, 0.25) is 5.82 Å². The van der Waals surface area contributed by atoms with E-state index in [-0.39, 0.29) is 17.4 Å². The van der Waals surface area contributed by atoms with Crippen LogP contribution in [0.15, 0.2) is 58.0 Å². The van der Waals surface area contributed by atoms with Crippen LogP contribution in [0.5, 0.6) is 0 Å². The molecule has 3 heterocycles. The molecule has 1 atom stereocenters. The van der Waals surface area contributed by atoms with E-state index >= 15 is 0 Å². The van der Waals surface area contributed by atoms with Crippen LogP contribution in [0.1, 0.15) is 50.1 Å². The van der Waals surface area contributed by atoms with Crippen LogP contribution in [-0.2, 0) is 0 Å². The third-order valence-corrected chi connectivity index (χ3v) is 8.01. The quantitative estimate of drug-likeness (QED) is 0.189. The highest BCUT2D eigenvalue weighted by Gasteiger charge is 2.28. The lowest BCUT2D eigenvalue weighted by molar-refractivity contribution is 0.337. The minimum Gasteiger partial charge on any atom is -0.510 e. The molecule has 0 spiro atoms. The first-order valence-electron chi connectivity index (χ1n) is 11.0. The number of para-hydroxylation sites is 1. The minimum absolute atomic E-state index is 0.000649. The molecule has 168 valence electrons. The largest absolute Gasteiger partial charge is 0.510 e. The van der Waals surface area contributed by atoms with Crippen LogP contribution in [0.3, 0.4) is 0 Å². The van der Waals surface area contributed by atoms with Gasteiger partial charge in [0, 0.05) is 6.04 Å². The lowest BCUT2D eigenvalue weighted by atomic mass is 9.95. The van der Waals surface area contributed by atoms with Crippen molar-refractivity contribution < 1.29 is 9.52 Å². The summed E-state index contributed by atoms with van der Waals surface area (Å²) in [4.78, 5) is 4.55. The number of benzene rings is 1. The van der Waals surface area contributed by atoms with Crippen LogP contribution >= 0.6 is 23.1 Å². The summed E-state index contributed by atoms with van der Waals surface area (Å²) in [6, 6.07) is 13.9. The molecule has 0 amide bonds. The molecule has 7 nitrogen and oxygen atoms in total. The lowest BCUT2D eigenvalue weighted by Crippen LogP contribution is -2.16. The van der Waals surface area contributed by atoms with Gasteiger partial charge in [-0.15, -0.1) is 21.5 Å². The Bertz CT molecular complexity index is 1290. The lowest BCUT2D eigenvalue weighted by Gasteiger charge is -2.25. The maximum Gasteiger partial charge on any atom is 0.200 e. The van der Waals surface area contributed by atoms with Crippen LogP contribution in [0.25, 0.3) is 27.4 Å². The molecule has 1 aromatic carbocycles. The van der Waals surface area contributed by atoms with Crippen LogP contribution in [0, 0.1) is 11.3 Å². The monoisotopic (exact) mass is 477 g/mol. The molecule has 9 heteroatoms. The number of furan rings is 1. The van der Waals surface area contributed by atoms with E-state index in [1.165, 1.54) is 42.4 Å². The van der Waals surface area contributed by atoms with E-state index < -0.39 is 5.25 Å². The number of aliphatic hydroxyl groups excluding tert-OH is 1. The molecule has 1 saturated carbocycles. The first kappa shape index (κ1) is 21.7. The molecule has 0 aliphatic heterocycles. The molecule has 33 heavy (non-hydrogen) atoms. The molecule has 1 aliphatic rings. The summed E-state index contributed by atoms with van der Waals surface area (Å²) in [6.45, 7) is 1.87. The van der Waals surface area contributed by atoms with Crippen LogP contribution in [0.2, 0.25) is 0 Å². The number of hydrogen-bond donors (Lipinski definition) is 1. The Hall–Kier alpha value is -3.09. The molecule has 0 saturated heterocycles. The summed E-state index contributed by atoms with van der Waals surface area (Å²) in [6.07, 6.45) is 7.33. The molecule has 0 bridgehead atoms. The third-order valence-electron chi connectivity index (χ3n) is 5.89. The fourth-order valence-electron chi connectivity index (χ4n) is 4.21. The van der Waals surface area contributed by atoms with E-state index in [0.29, 0.717) is 21.7 Å². The second-order valence-electron chi connectivity index (χ2n) is 8.06. The normalized spacial score (nSPS) is 16.5. The standard InChI is InChI=1S/C24H23N5O2S2/c1-15(21(30)17(14-25)23-26-18-10-5-6-12-20(18)33-23)32-24-28-27-22(19-11-7-13-31-19)29(24)16-8-3-2-4-9-16/h5-7,10-13,15-16,30H,2-4,8-9H2,1H3/b21-17-. The zero-order valence-electron chi connectivity index (χ0n) is 18.1. The van der Waals surface area contributed by atoms with Gasteiger partial charge in [-0.1, -0.05) is 43.2 Å². The van der Waals surface area contributed by atoms with Gasteiger partial charge in [0.05, 0.1) is 21.7 Å². The van der Waals surface area contributed by atoms with Crippen molar-refractivity contribution in [1.29, 1.82) is 5.26 Å². The first-order valence-corrected chi connectivity index (χ1v) is 12.7. The van der Waals surface area contributed by atoms with Gasteiger partial charge in [0.25, 0.3) is 0 Å². The zero-order chi connectivity index (χ0) is 22.8. The number of aliphatic hydroxyl groups is 1. The van der Waals surface area contributed by atoms with Crippen molar-refractivity contribution in [2.24, 2.45) is 0 Å². The Balaban J connectivity index is 1.48. The minimum atomic E-state index is -0.400. The number of hydrogen-bond acceptors (Lipinski definition) is 8. The Labute approximate surface area is 199 Å². The molecule has 1 N–H and O–H groups in total. The van der Waals surface area contributed by atoms with E-state index in [1.807, 2.05) is 43.3 Å². The first-order chi connectivity index (χ1) is 16.2. The molecule has 3 aromatic heterocycles. The Morgan fingerprint density at radius 3 is 2.76 bits per heavy atom. The van der Waals surface area contributed by atoms with E-state index in [0.717, 1.165) is 23.1 Å². The molecule has 1 fully saturated rings.